The lowest BCUT2D eigenvalue weighted by Gasteiger charge is -2.27. The number of rotatable bonds is 3. The maximum absolute atomic E-state index is 11.7. The summed E-state index contributed by atoms with van der Waals surface area (Å²) in [4.78, 5) is 13.5. The van der Waals surface area contributed by atoms with Gasteiger partial charge in [-0.1, -0.05) is 0 Å². The summed E-state index contributed by atoms with van der Waals surface area (Å²) in [5.74, 6) is 0. The molecule has 0 atom stereocenters. The lowest BCUT2D eigenvalue weighted by Crippen LogP contribution is -2.48. The molecule has 1 aliphatic rings. The number of nitrogens with zero attached hydrogens (tertiary/aromatic N) is 1. The average Bonchev–Trinajstić information content (AvgIpc) is 2.21. The van der Waals surface area contributed by atoms with Crippen molar-refractivity contribution in [2.45, 2.75) is 32.7 Å². The van der Waals surface area contributed by atoms with Gasteiger partial charge < -0.3 is 15.5 Å². The van der Waals surface area contributed by atoms with E-state index in [2.05, 4.69) is 10.6 Å². The van der Waals surface area contributed by atoms with E-state index in [9.17, 15) is 4.79 Å². The van der Waals surface area contributed by atoms with Crippen LogP contribution in [0.5, 0.6) is 0 Å². The van der Waals surface area contributed by atoms with Gasteiger partial charge in [0.1, 0.15) is 0 Å². The average molecular weight is 236 g/mol. The maximum Gasteiger partial charge on any atom is 0.317 e. The molecule has 0 aromatic rings. The minimum atomic E-state index is 0. The standard InChI is InChI=1S/C10H21N3O.ClH/c1-3-13(4-2)10(14)12-9-5-7-11-8-6-9;/h9,11H,3-8H2,1-2H3,(H,12,14);1H. The highest BCUT2D eigenvalue weighted by atomic mass is 35.5. The van der Waals surface area contributed by atoms with Crippen LogP contribution in [0.15, 0.2) is 0 Å². The summed E-state index contributed by atoms with van der Waals surface area (Å²) in [6.45, 7) is 7.62. The number of carbonyl (C=O) groups is 1. The predicted octanol–water partition coefficient (Wildman–Crippen LogP) is 1.21. The molecule has 0 spiro atoms. The number of nitrogens with one attached hydrogen (secondary N) is 2. The first kappa shape index (κ1) is 14.5. The molecule has 0 bridgehead atoms. The summed E-state index contributed by atoms with van der Waals surface area (Å²) >= 11 is 0. The lowest BCUT2D eigenvalue weighted by atomic mass is 10.1. The van der Waals surface area contributed by atoms with Crippen LogP contribution in [-0.4, -0.2) is 43.2 Å². The number of halogens is 1. The van der Waals surface area contributed by atoms with E-state index in [1.165, 1.54) is 0 Å². The van der Waals surface area contributed by atoms with Crippen LogP contribution in [0.3, 0.4) is 0 Å². The van der Waals surface area contributed by atoms with Crippen LogP contribution in [0, 0.1) is 0 Å². The highest BCUT2D eigenvalue weighted by Gasteiger charge is 2.17. The molecule has 2 amide bonds. The number of carbonyl (C=O) groups excluding carboxylic acids is 1. The zero-order chi connectivity index (χ0) is 10.4. The Balaban J connectivity index is 0.00000196. The highest BCUT2D eigenvalue weighted by Crippen LogP contribution is 2.02. The largest absolute Gasteiger partial charge is 0.335 e. The molecular weight excluding hydrogens is 214 g/mol. The Labute approximate surface area is 98.2 Å². The second-order valence-corrected chi connectivity index (χ2v) is 3.65. The van der Waals surface area contributed by atoms with E-state index in [0.717, 1.165) is 39.0 Å². The van der Waals surface area contributed by atoms with Crippen molar-refractivity contribution in [3.63, 3.8) is 0 Å². The second kappa shape index (κ2) is 7.77. The minimum absolute atomic E-state index is 0. The number of amides is 2. The molecule has 5 heteroatoms. The zero-order valence-corrected chi connectivity index (χ0v) is 10.4. The summed E-state index contributed by atoms with van der Waals surface area (Å²) in [5, 5.41) is 6.35. The second-order valence-electron chi connectivity index (χ2n) is 3.65. The predicted molar refractivity (Wildman–Crippen MR) is 64.6 cm³/mol. The summed E-state index contributed by atoms with van der Waals surface area (Å²) in [6, 6.07) is 0.450. The van der Waals surface area contributed by atoms with E-state index in [0.29, 0.717) is 6.04 Å². The Morgan fingerprint density at radius 3 is 2.33 bits per heavy atom. The van der Waals surface area contributed by atoms with Crippen molar-refractivity contribution >= 4 is 18.4 Å². The fourth-order valence-electron chi connectivity index (χ4n) is 1.74. The van der Waals surface area contributed by atoms with Crippen molar-refractivity contribution in [3.05, 3.63) is 0 Å². The van der Waals surface area contributed by atoms with Gasteiger partial charge in [0.15, 0.2) is 0 Å². The summed E-state index contributed by atoms with van der Waals surface area (Å²) in [7, 11) is 0. The van der Waals surface area contributed by atoms with Gasteiger partial charge >= 0.3 is 6.03 Å². The first-order chi connectivity index (χ1) is 6.77. The van der Waals surface area contributed by atoms with E-state index in [-0.39, 0.29) is 18.4 Å². The van der Waals surface area contributed by atoms with Gasteiger partial charge in [-0.2, -0.15) is 0 Å². The first-order valence-corrected chi connectivity index (χ1v) is 5.54. The Hall–Kier alpha value is -0.480. The van der Waals surface area contributed by atoms with Gasteiger partial charge in [0.2, 0.25) is 0 Å². The van der Waals surface area contributed by atoms with Gasteiger partial charge in [0.25, 0.3) is 0 Å². The third-order valence-electron chi connectivity index (χ3n) is 2.72. The fourth-order valence-corrected chi connectivity index (χ4v) is 1.74. The van der Waals surface area contributed by atoms with Gasteiger partial charge in [-0.3, -0.25) is 0 Å². The molecule has 1 aliphatic heterocycles. The Bertz CT molecular complexity index is 180. The highest BCUT2D eigenvalue weighted by molar-refractivity contribution is 5.85. The number of hydrogen-bond acceptors (Lipinski definition) is 2. The van der Waals surface area contributed by atoms with E-state index in [1.807, 2.05) is 18.7 Å². The SMILES string of the molecule is CCN(CC)C(=O)NC1CCNCC1.Cl. The normalized spacial score (nSPS) is 16.7. The summed E-state index contributed by atoms with van der Waals surface area (Å²) in [6.07, 6.45) is 2.10. The van der Waals surface area contributed by atoms with Crippen molar-refractivity contribution in [2.75, 3.05) is 26.2 Å². The van der Waals surface area contributed by atoms with Crippen LogP contribution in [-0.2, 0) is 0 Å². The molecule has 1 saturated heterocycles. The Morgan fingerprint density at radius 2 is 1.87 bits per heavy atom. The van der Waals surface area contributed by atoms with Crippen molar-refractivity contribution in [1.82, 2.24) is 15.5 Å². The molecule has 0 unspecified atom stereocenters. The molecule has 1 heterocycles. The Kier molecular flexibility index (Phi) is 7.52. The topological polar surface area (TPSA) is 44.4 Å². The van der Waals surface area contributed by atoms with Gasteiger partial charge in [-0.05, 0) is 39.8 Å². The quantitative estimate of drug-likeness (QED) is 0.773. The van der Waals surface area contributed by atoms with E-state index in [1.54, 1.807) is 0 Å². The molecule has 1 fully saturated rings. The van der Waals surface area contributed by atoms with Crippen LogP contribution >= 0.6 is 12.4 Å². The number of piperidine rings is 1. The number of hydrogen-bond donors (Lipinski definition) is 2. The molecule has 15 heavy (non-hydrogen) atoms. The molecule has 1 rings (SSSR count). The van der Waals surface area contributed by atoms with E-state index >= 15 is 0 Å². The van der Waals surface area contributed by atoms with Gasteiger partial charge in [-0.25, -0.2) is 4.79 Å². The van der Waals surface area contributed by atoms with Gasteiger partial charge in [0, 0.05) is 19.1 Å². The molecular formula is C10H22ClN3O. The van der Waals surface area contributed by atoms with Crippen molar-refractivity contribution in [2.24, 2.45) is 0 Å². The molecule has 4 nitrogen and oxygen atoms in total. The molecule has 90 valence electrons. The maximum atomic E-state index is 11.7. The van der Waals surface area contributed by atoms with Crippen LogP contribution in [0.4, 0.5) is 4.79 Å². The van der Waals surface area contributed by atoms with E-state index in [4.69, 9.17) is 0 Å². The molecule has 0 aromatic heterocycles. The van der Waals surface area contributed by atoms with Crippen molar-refractivity contribution < 1.29 is 4.79 Å². The third kappa shape index (κ3) is 4.71. The van der Waals surface area contributed by atoms with Crippen LogP contribution in [0.2, 0.25) is 0 Å². The summed E-state index contributed by atoms with van der Waals surface area (Å²) < 4.78 is 0. The third-order valence-corrected chi connectivity index (χ3v) is 2.72. The number of urea groups is 1. The Morgan fingerprint density at radius 1 is 1.33 bits per heavy atom. The van der Waals surface area contributed by atoms with Crippen molar-refractivity contribution in [3.8, 4) is 0 Å². The van der Waals surface area contributed by atoms with Crippen LogP contribution in [0.1, 0.15) is 26.7 Å². The lowest BCUT2D eigenvalue weighted by molar-refractivity contribution is 0.196. The summed E-state index contributed by atoms with van der Waals surface area (Å²) in [5.41, 5.74) is 0. The van der Waals surface area contributed by atoms with Crippen LogP contribution < -0.4 is 10.6 Å². The van der Waals surface area contributed by atoms with Gasteiger partial charge in [0.05, 0.1) is 0 Å². The molecule has 0 aromatic carbocycles. The molecule has 0 radical (unpaired) electrons. The van der Waals surface area contributed by atoms with Crippen molar-refractivity contribution in [1.29, 1.82) is 0 Å². The molecule has 2 N–H and O–H groups in total. The minimum Gasteiger partial charge on any atom is -0.335 e. The van der Waals surface area contributed by atoms with E-state index < -0.39 is 0 Å². The van der Waals surface area contributed by atoms with Crippen LogP contribution in [0.25, 0.3) is 0 Å². The zero-order valence-electron chi connectivity index (χ0n) is 9.58. The monoisotopic (exact) mass is 235 g/mol. The van der Waals surface area contributed by atoms with Gasteiger partial charge in [-0.15, -0.1) is 12.4 Å². The smallest absolute Gasteiger partial charge is 0.317 e. The fraction of sp³-hybridized carbons (Fsp3) is 0.900. The first-order valence-electron chi connectivity index (χ1n) is 5.54. The molecule has 0 saturated carbocycles. The molecule has 0 aliphatic carbocycles.